The topological polar surface area (TPSA) is 77.2 Å². The van der Waals surface area contributed by atoms with E-state index in [0.29, 0.717) is 12.0 Å². The standard InChI is InChI=1S/C30H46N2O4/c1-27-11-7-22(32-16-4-15-31(3)17-18-32)19-29(27,34)13-9-25-24(27)8-12-28(2)23(10-14-30(25,28)35)21-5-6-26(33)36-20-21/h5-6,20,22-25,34-35H,4,7-19H2,1-3H3/t22-,23+,24-,25+,27+,28+,29-,30-/m0/s1. The normalized spacial score (nSPS) is 48.0. The van der Waals surface area contributed by atoms with Crippen molar-refractivity contribution in [2.24, 2.45) is 22.7 Å². The van der Waals surface area contributed by atoms with Gasteiger partial charge in [-0.15, -0.1) is 0 Å². The molecule has 1 aromatic heterocycles. The first-order valence-electron chi connectivity index (χ1n) is 14.6. The fraction of sp³-hybridized carbons (Fsp3) is 0.833. The van der Waals surface area contributed by atoms with Crippen molar-refractivity contribution in [3.63, 3.8) is 0 Å². The van der Waals surface area contributed by atoms with E-state index >= 15 is 0 Å². The first-order valence-corrected chi connectivity index (χ1v) is 14.6. The summed E-state index contributed by atoms with van der Waals surface area (Å²) < 4.78 is 5.23. The minimum Gasteiger partial charge on any atom is -0.431 e. The van der Waals surface area contributed by atoms with E-state index in [1.807, 2.05) is 6.07 Å². The Bertz CT molecular complexity index is 1020. The maximum absolute atomic E-state index is 12.5. The van der Waals surface area contributed by atoms with E-state index in [9.17, 15) is 15.0 Å². The first kappa shape index (κ1) is 25.1. The molecule has 5 aliphatic rings. The lowest BCUT2D eigenvalue weighted by Gasteiger charge is -2.66. The Morgan fingerprint density at radius 1 is 0.889 bits per heavy atom. The van der Waals surface area contributed by atoms with Gasteiger partial charge in [0.2, 0.25) is 0 Å². The fourth-order valence-electron chi connectivity index (χ4n) is 10.0. The summed E-state index contributed by atoms with van der Waals surface area (Å²) in [5.74, 6) is 0.793. The number of fused-ring (bicyclic) bond motifs is 5. The van der Waals surface area contributed by atoms with Crippen LogP contribution in [0, 0.1) is 22.7 Å². The highest BCUT2D eigenvalue weighted by Gasteiger charge is 2.70. The summed E-state index contributed by atoms with van der Waals surface area (Å²) in [5, 5.41) is 24.8. The highest BCUT2D eigenvalue weighted by atomic mass is 16.4. The molecule has 6 heteroatoms. The van der Waals surface area contributed by atoms with Crippen LogP contribution in [0.5, 0.6) is 0 Å². The van der Waals surface area contributed by atoms with E-state index < -0.39 is 11.2 Å². The summed E-state index contributed by atoms with van der Waals surface area (Å²) in [6.07, 6.45) is 11.4. The number of aliphatic hydroxyl groups is 2. The number of likely N-dealkylation sites (N-methyl/N-ethyl adjacent to an activating group) is 1. The summed E-state index contributed by atoms with van der Waals surface area (Å²) in [7, 11) is 2.22. The van der Waals surface area contributed by atoms with Gasteiger partial charge in [-0.1, -0.05) is 13.8 Å². The van der Waals surface area contributed by atoms with Gasteiger partial charge in [0.05, 0.1) is 17.5 Å². The van der Waals surface area contributed by atoms with Gasteiger partial charge < -0.3 is 19.5 Å². The van der Waals surface area contributed by atoms with Crippen LogP contribution in [0.3, 0.4) is 0 Å². The zero-order valence-corrected chi connectivity index (χ0v) is 22.5. The SMILES string of the molecule is CN1CCCN([C@H]2CC[C@]3(C)[C@H]4CC[C@]5(C)[C@@H](c6ccc(=O)oc6)CC[C@]5(O)[C@@H]4CC[C@]3(O)C2)CC1. The summed E-state index contributed by atoms with van der Waals surface area (Å²) in [4.78, 5) is 16.7. The molecule has 4 aliphatic carbocycles. The third-order valence-corrected chi connectivity index (χ3v) is 12.4. The van der Waals surface area contributed by atoms with E-state index in [4.69, 9.17) is 4.42 Å². The fourth-order valence-corrected chi connectivity index (χ4v) is 10.0. The largest absolute Gasteiger partial charge is 0.431 e. The molecule has 4 saturated carbocycles. The third-order valence-electron chi connectivity index (χ3n) is 12.4. The van der Waals surface area contributed by atoms with Gasteiger partial charge in [0.15, 0.2) is 0 Å². The molecule has 8 atom stereocenters. The highest BCUT2D eigenvalue weighted by molar-refractivity contribution is 5.28. The number of nitrogens with zero attached hydrogens (tertiary/aromatic N) is 2. The molecule has 0 amide bonds. The van der Waals surface area contributed by atoms with Crippen molar-refractivity contribution in [1.82, 2.24) is 9.80 Å². The van der Waals surface area contributed by atoms with Crippen molar-refractivity contribution in [3.8, 4) is 0 Å². The molecule has 1 aromatic rings. The van der Waals surface area contributed by atoms with Gasteiger partial charge in [0, 0.05) is 30.6 Å². The van der Waals surface area contributed by atoms with Crippen LogP contribution < -0.4 is 5.63 Å². The molecule has 0 unspecified atom stereocenters. The lowest BCUT2D eigenvalue weighted by Crippen LogP contribution is -2.68. The summed E-state index contributed by atoms with van der Waals surface area (Å²) in [6, 6.07) is 3.90. The van der Waals surface area contributed by atoms with Crippen LogP contribution in [-0.2, 0) is 0 Å². The predicted octanol–water partition coefficient (Wildman–Crippen LogP) is 4.00. The molecule has 2 heterocycles. The zero-order valence-electron chi connectivity index (χ0n) is 22.5. The third kappa shape index (κ3) is 3.54. The minimum absolute atomic E-state index is 0.135. The Balaban J connectivity index is 1.24. The van der Waals surface area contributed by atoms with E-state index in [0.717, 1.165) is 83.0 Å². The van der Waals surface area contributed by atoms with Crippen LogP contribution in [0.25, 0.3) is 0 Å². The second-order valence-corrected chi connectivity index (χ2v) is 13.6. The van der Waals surface area contributed by atoms with Crippen molar-refractivity contribution in [1.29, 1.82) is 0 Å². The molecular formula is C30H46N2O4. The van der Waals surface area contributed by atoms with Crippen LogP contribution in [0.4, 0.5) is 0 Å². The summed E-state index contributed by atoms with van der Waals surface area (Å²) in [5.41, 5.74) is -0.997. The van der Waals surface area contributed by atoms with Gasteiger partial charge in [0.25, 0.3) is 0 Å². The molecule has 1 aliphatic heterocycles. The van der Waals surface area contributed by atoms with Gasteiger partial charge in [-0.25, -0.2) is 4.79 Å². The van der Waals surface area contributed by atoms with Gasteiger partial charge in [0.1, 0.15) is 0 Å². The Kier molecular flexibility index (Phi) is 6.03. The van der Waals surface area contributed by atoms with E-state index in [1.165, 1.54) is 19.0 Å². The van der Waals surface area contributed by atoms with Crippen molar-refractivity contribution < 1.29 is 14.6 Å². The number of rotatable bonds is 2. The van der Waals surface area contributed by atoms with Gasteiger partial charge in [-0.3, -0.25) is 4.90 Å². The number of hydrogen-bond acceptors (Lipinski definition) is 6. The predicted molar refractivity (Wildman–Crippen MR) is 140 cm³/mol. The molecule has 36 heavy (non-hydrogen) atoms. The molecule has 0 aromatic carbocycles. The van der Waals surface area contributed by atoms with Gasteiger partial charge >= 0.3 is 5.63 Å². The molecule has 0 radical (unpaired) electrons. The van der Waals surface area contributed by atoms with E-state index in [1.54, 1.807) is 6.26 Å². The Morgan fingerprint density at radius 3 is 2.44 bits per heavy atom. The lowest BCUT2D eigenvalue weighted by atomic mass is 9.41. The Labute approximate surface area is 216 Å². The lowest BCUT2D eigenvalue weighted by molar-refractivity contribution is -0.250. The smallest absolute Gasteiger partial charge is 0.335 e. The Morgan fingerprint density at radius 2 is 1.67 bits per heavy atom. The molecular weight excluding hydrogens is 452 g/mol. The minimum atomic E-state index is -0.729. The second-order valence-electron chi connectivity index (χ2n) is 13.6. The average molecular weight is 499 g/mol. The van der Waals surface area contributed by atoms with E-state index in [2.05, 4.69) is 30.7 Å². The molecule has 0 bridgehead atoms. The van der Waals surface area contributed by atoms with Gasteiger partial charge in [-0.05, 0) is 119 Å². The van der Waals surface area contributed by atoms with Gasteiger partial charge in [-0.2, -0.15) is 0 Å². The average Bonchev–Trinajstić information content (AvgIpc) is 2.97. The van der Waals surface area contributed by atoms with E-state index in [-0.39, 0.29) is 28.3 Å². The summed E-state index contributed by atoms with van der Waals surface area (Å²) >= 11 is 0. The second kappa shape index (κ2) is 8.65. The summed E-state index contributed by atoms with van der Waals surface area (Å²) in [6.45, 7) is 9.19. The maximum atomic E-state index is 12.5. The molecule has 1 saturated heterocycles. The first-order chi connectivity index (χ1) is 17.1. The van der Waals surface area contributed by atoms with Crippen LogP contribution in [-0.4, -0.2) is 70.5 Å². The molecule has 2 N–H and O–H groups in total. The van der Waals surface area contributed by atoms with Crippen molar-refractivity contribution in [3.05, 3.63) is 34.4 Å². The molecule has 6 rings (SSSR count). The van der Waals surface area contributed by atoms with Crippen LogP contribution in [0.15, 0.2) is 27.6 Å². The zero-order chi connectivity index (χ0) is 25.3. The molecule has 5 fully saturated rings. The van der Waals surface area contributed by atoms with Crippen molar-refractivity contribution in [2.75, 3.05) is 33.2 Å². The van der Waals surface area contributed by atoms with Crippen LogP contribution in [0.1, 0.15) is 89.5 Å². The molecule has 0 spiro atoms. The maximum Gasteiger partial charge on any atom is 0.335 e. The molecule has 200 valence electrons. The quantitative estimate of drug-likeness (QED) is 0.642. The van der Waals surface area contributed by atoms with Crippen LogP contribution >= 0.6 is 0 Å². The van der Waals surface area contributed by atoms with Crippen LogP contribution in [0.2, 0.25) is 0 Å². The van der Waals surface area contributed by atoms with Crippen molar-refractivity contribution >= 4 is 0 Å². The monoisotopic (exact) mass is 498 g/mol. The molecule has 6 nitrogen and oxygen atoms in total. The highest BCUT2D eigenvalue weighted by Crippen LogP contribution is 2.71. The number of hydrogen-bond donors (Lipinski definition) is 2. The Hall–Kier alpha value is -1.21. The van der Waals surface area contributed by atoms with Crippen molar-refractivity contribution in [2.45, 2.75) is 101 Å².